The van der Waals surface area contributed by atoms with Gasteiger partial charge in [0, 0.05) is 31.8 Å². The fourth-order valence-corrected chi connectivity index (χ4v) is 3.48. The highest BCUT2D eigenvalue weighted by Gasteiger charge is 2.27. The Kier molecular flexibility index (Phi) is 8.31. The van der Waals surface area contributed by atoms with Gasteiger partial charge in [0.2, 0.25) is 0 Å². The molecule has 1 aliphatic heterocycles. The summed E-state index contributed by atoms with van der Waals surface area (Å²) in [6.07, 6.45) is 5.79. The molecule has 3 rings (SSSR count). The van der Waals surface area contributed by atoms with E-state index in [-0.39, 0.29) is 6.10 Å². The Morgan fingerprint density at radius 2 is 2.10 bits per heavy atom. The topological polar surface area (TPSA) is 67.8 Å². The van der Waals surface area contributed by atoms with Crippen LogP contribution in [-0.2, 0) is 4.74 Å². The van der Waals surface area contributed by atoms with Gasteiger partial charge in [-0.15, -0.1) is 0 Å². The van der Waals surface area contributed by atoms with Gasteiger partial charge in [0.1, 0.15) is 12.4 Å². The van der Waals surface area contributed by atoms with Crippen LogP contribution in [0.3, 0.4) is 0 Å². The van der Waals surface area contributed by atoms with Gasteiger partial charge < -0.3 is 20.1 Å². The number of aryl methyl sites for hydroxylation is 1. The van der Waals surface area contributed by atoms with Crippen molar-refractivity contribution >= 4 is 5.96 Å². The highest BCUT2D eigenvalue weighted by Crippen LogP contribution is 2.33. The van der Waals surface area contributed by atoms with E-state index in [1.807, 2.05) is 12.1 Å². The number of pyridine rings is 1. The summed E-state index contributed by atoms with van der Waals surface area (Å²) in [4.78, 5) is 8.87. The van der Waals surface area contributed by atoms with E-state index in [4.69, 9.17) is 14.5 Å². The molecule has 0 spiro atoms. The predicted octanol–water partition coefficient (Wildman–Crippen LogP) is 3.49. The number of guanidine groups is 1. The first-order chi connectivity index (χ1) is 14.3. The number of aromatic nitrogens is 1. The molecule has 1 aromatic heterocycles. The Labute approximate surface area is 173 Å². The molecule has 0 amide bonds. The zero-order valence-electron chi connectivity index (χ0n) is 17.4. The van der Waals surface area contributed by atoms with Crippen molar-refractivity contribution in [1.29, 1.82) is 0 Å². The lowest BCUT2D eigenvalue weighted by Crippen LogP contribution is -2.40. The van der Waals surface area contributed by atoms with Crippen LogP contribution in [0.25, 0.3) is 0 Å². The molecule has 1 aromatic carbocycles. The first-order valence-corrected chi connectivity index (χ1v) is 10.5. The van der Waals surface area contributed by atoms with Crippen molar-refractivity contribution in [3.8, 4) is 5.75 Å². The zero-order valence-corrected chi connectivity index (χ0v) is 17.4. The fourth-order valence-electron chi connectivity index (χ4n) is 3.48. The van der Waals surface area contributed by atoms with Crippen molar-refractivity contribution < 1.29 is 9.47 Å². The lowest BCUT2D eigenvalue weighted by atomic mass is 9.89. The largest absolute Gasteiger partial charge is 0.490 e. The fraction of sp³-hybridized carbons (Fsp3) is 0.478. The number of nitrogens with one attached hydrogen (secondary N) is 2. The van der Waals surface area contributed by atoms with E-state index in [0.717, 1.165) is 44.2 Å². The molecule has 1 saturated heterocycles. The number of nitrogens with zero attached hydrogens (tertiary/aromatic N) is 2. The molecule has 0 saturated carbocycles. The molecule has 1 aliphatic rings. The van der Waals surface area contributed by atoms with Crippen molar-refractivity contribution in [1.82, 2.24) is 15.6 Å². The summed E-state index contributed by atoms with van der Waals surface area (Å²) in [5, 5.41) is 6.66. The van der Waals surface area contributed by atoms with Crippen LogP contribution in [0, 0.1) is 12.8 Å². The Balaban J connectivity index is 1.53. The van der Waals surface area contributed by atoms with Gasteiger partial charge >= 0.3 is 0 Å². The van der Waals surface area contributed by atoms with Gasteiger partial charge in [0.15, 0.2) is 5.96 Å². The monoisotopic (exact) mass is 396 g/mol. The molecular formula is C23H32N4O2. The maximum Gasteiger partial charge on any atom is 0.191 e. The van der Waals surface area contributed by atoms with Gasteiger partial charge in [0.25, 0.3) is 0 Å². The molecule has 2 atom stereocenters. The molecule has 29 heavy (non-hydrogen) atoms. The van der Waals surface area contributed by atoms with E-state index < -0.39 is 0 Å². The lowest BCUT2D eigenvalue weighted by molar-refractivity contribution is -0.0250. The van der Waals surface area contributed by atoms with Crippen LogP contribution in [0.2, 0.25) is 0 Å². The molecule has 2 heterocycles. The molecule has 2 N–H and O–H groups in total. The lowest BCUT2D eigenvalue weighted by Gasteiger charge is -2.31. The first-order valence-electron chi connectivity index (χ1n) is 10.5. The quantitative estimate of drug-likeness (QED) is 0.406. The minimum Gasteiger partial charge on any atom is -0.490 e. The summed E-state index contributed by atoms with van der Waals surface area (Å²) in [5.74, 6) is 1.97. The SMILES string of the molecule is CCNC(=NCC1CCCOC1c1ccc(C)cc1)NCCOc1cccnc1. The highest BCUT2D eigenvalue weighted by molar-refractivity contribution is 5.79. The summed E-state index contributed by atoms with van der Waals surface area (Å²) < 4.78 is 11.8. The van der Waals surface area contributed by atoms with Crippen molar-refractivity contribution in [3.63, 3.8) is 0 Å². The Morgan fingerprint density at radius 3 is 2.86 bits per heavy atom. The van der Waals surface area contributed by atoms with Crippen LogP contribution in [0.1, 0.15) is 37.0 Å². The van der Waals surface area contributed by atoms with Crippen molar-refractivity contribution in [2.24, 2.45) is 10.9 Å². The van der Waals surface area contributed by atoms with Gasteiger partial charge in [0.05, 0.1) is 18.8 Å². The maximum absolute atomic E-state index is 6.12. The van der Waals surface area contributed by atoms with Crippen LogP contribution >= 0.6 is 0 Å². The minimum absolute atomic E-state index is 0.116. The Morgan fingerprint density at radius 1 is 1.24 bits per heavy atom. The Bertz CT molecular complexity index is 749. The molecular weight excluding hydrogens is 364 g/mol. The van der Waals surface area contributed by atoms with Gasteiger partial charge in [-0.1, -0.05) is 29.8 Å². The van der Waals surface area contributed by atoms with Crippen LogP contribution in [0.15, 0.2) is 53.8 Å². The maximum atomic E-state index is 6.12. The average molecular weight is 397 g/mol. The number of hydrogen-bond donors (Lipinski definition) is 2. The molecule has 156 valence electrons. The zero-order chi connectivity index (χ0) is 20.3. The minimum atomic E-state index is 0.116. The smallest absolute Gasteiger partial charge is 0.191 e. The van der Waals surface area contributed by atoms with E-state index in [0.29, 0.717) is 19.1 Å². The molecule has 6 nitrogen and oxygen atoms in total. The molecule has 2 unspecified atom stereocenters. The predicted molar refractivity (Wildman–Crippen MR) is 116 cm³/mol. The molecule has 6 heteroatoms. The molecule has 0 radical (unpaired) electrons. The second kappa shape index (κ2) is 11.4. The van der Waals surface area contributed by atoms with Gasteiger partial charge in [-0.25, -0.2) is 0 Å². The van der Waals surface area contributed by atoms with E-state index in [1.54, 1.807) is 12.4 Å². The molecule has 0 bridgehead atoms. The van der Waals surface area contributed by atoms with Gasteiger partial charge in [-0.05, 0) is 44.4 Å². The van der Waals surface area contributed by atoms with Crippen molar-refractivity contribution in [3.05, 3.63) is 59.9 Å². The summed E-state index contributed by atoms with van der Waals surface area (Å²) >= 11 is 0. The van der Waals surface area contributed by atoms with Crippen molar-refractivity contribution in [2.75, 3.05) is 32.8 Å². The molecule has 2 aromatic rings. The first kappa shape index (κ1) is 21.1. The number of aliphatic imine (C=N–C) groups is 1. The van der Waals surface area contributed by atoms with E-state index in [2.05, 4.69) is 53.7 Å². The van der Waals surface area contributed by atoms with E-state index in [1.165, 1.54) is 11.1 Å². The van der Waals surface area contributed by atoms with Crippen LogP contribution in [-0.4, -0.2) is 43.8 Å². The number of hydrogen-bond acceptors (Lipinski definition) is 4. The molecule has 0 aliphatic carbocycles. The second-order valence-corrected chi connectivity index (χ2v) is 7.29. The normalized spacial score (nSPS) is 19.6. The average Bonchev–Trinajstić information content (AvgIpc) is 2.76. The van der Waals surface area contributed by atoms with Gasteiger partial charge in [-0.2, -0.15) is 0 Å². The third-order valence-corrected chi connectivity index (χ3v) is 4.98. The summed E-state index contributed by atoms with van der Waals surface area (Å²) in [6, 6.07) is 12.4. The number of ether oxygens (including phenoxy) is 2. The standard InChI is InChI=1S/C23H32N4O2/c1-3-25-23(26-13-15-28-21-7-4-12-24-17-21)27-16-20-6-5-14-29-22(20)19-10-8-18(2)9-11-19/h4,7-12,17,20,22H,3,5-6,13-16H2,1-2H3,(H2,25,26,27). The highest BCUT2D eigenvalue weighted by atomic mass is 16.5. The summed E-state index contributed by atoms with van der Waals surface area (Å²) in [6.45, 7) is 7.78. The Hall–Kier alpha value is -2.60. The van der Waals surface area contributed by atoms with Crippen LogP contribution < -0.4 is 15.4 Å². The third-order valence-electron chi connectivity index (χ3n) is 4.98. The molecule has 1 fully saturated rings. The van der Waals surface area contributed by atoms with Gasteiger partial charge in [-0.3, -0.25) is 9.98 Å². The third kappa shape index (κ3) is 6.75. The van der Waals surface area contributed by atoms with Crippen LogP contribution in [0.5, 0.6) is 5.75 Å². The van der Waals surface area contributed by atoms with E-state index in [9.17, 15) is 0 Å². The number of rotatable bonds is 8. The summed E-state index contributed by atoms with van der Waals surface area (Å²) in [5.41, 5.74) is 2.52. The van der Waals surface area contributed by atoms with Crippen LogP contribution in [0.4, 0.5) is 0 Å². The number of benzene rings is 1. The second-order valence-electron chi connectivity index (χ2n) is 7.29. The van der Waals surface area contributed by atoms with E-state index >= 15 is 0 Å². The van der Waals surface area contributed by atoms with Crippen molar-refractivity contribution in [2.45, 2.75) is 32.8 Å². The summed E-state index contributed by atoms with van der Waals surface area (Å²) in [7, 11) is 0.